The molecule has 0 aromatic heterocycles. The number of anilines is 1. The normalized spacial score (nSPS) is 18.8. The van der Waals surface area contributed by atoms with Crippen molar-refractivity contribution in [2.24, 2.45) is 5.92 Å². The molecule has 1 aliphatic heterocycles. The van der Waals surface area contributed by atoms with E-state index in [0.29, 0.717) is 17.7 Å². The summed E-state index contributed by atoms with van der Waals surface area (Å²) in [6, 6.07) is 14.5. The van der Waals surface area contributed by atoms with E-state index in [1.807, 2.05) is 38.1 Å². The molecule has 1 N–H and O–H groups in total. The second-order valence-corrected chi connectivity index (χ2v) is 9.85. The first kappa shape index (κ1) is 21.0. The van der Waals surface area contributed by atoms with E-state index in [-0.39, 0.29) is 23.8 Å². The molecule has 1 amide bonds. The van der Waals surface area contributed by atoms with Crippen LogP contribution in [0, 0.1) is 19.8 Å². The molecule has 2 aromatic rings. The van der Waals surface area contributed by atoms with Crippen molar-refractivity contribution in [1.82, 2.24) is 0 Å². The smallest absolute Gasteiger partial charge is 0.307 e. The number of ether oxygens (including phenoxy) is 1. The Labute approximate surface area is 171 Å². The molecule has 2 unspecified atom stereocenters. The van der Waals surface area contributed by atoms with Crippen LogP contribution < -0.4 is 5.32 Å². The standard InChI is InChI=1S/C22H25NO5S/c1-15-10-16(2)12-19(11-15)23-22(25)21(18-6-4-3-5-7-18)28-20(24)13-17-8-9-29(26,27)14-17/h3-7,10-12,17,21H,8-9,13-14H2,1-2H3,(H,23,25). The van der Waals surface area contributed by atoms with Crippen molar-refractivity contribution < 1.29 is 22.7 Å². The first-order valence-corrected chi connectivity index (χ1v) is 11.4. The fourth-order valence-electron chi connectivity index (χ4n) is 3.60. The molecule has 0 aliphatic carbocycles. The molecule has 2 atom stereocenters. The number of carbonyl (C=O) groups is 2. The molecule has 0 spiro atoms. The Morgan fingerprint density at radius 1 is 1.10 bits per heavy atom. The molecule has 6 nitrogen and oxygen atoms in total. The van der Waals surface area contributed by atoms with Gasteiger partial charge in [0.2, 0.25) is 6.10 Å². The highest BCUT2D eigenvalue weighted by atomic mass is 32.2. The van der Waals surface area contributed by atoms with Crippen molar-refractivity contribution in [3.63, 3.8) is 0 Å². The highest BCUT2D eigenvalue weighted by Gasteiger charge is 2.32. The minimum atomic E-state index is -3.07. The largest absolute Gasteiger partial charge is 0.447 e. The average molecular weight is 416 g/mol. The average Bonchev–Trinajstić information content (AvgIpc) is 2.97. The lowest BCUT2D eigenvalue weighted by molar-refractivity contribution is -0.155. The lowest BCUT2D eigenvalue weighted by Crippen LogP contribution is -2.26. The maximum Gasteiger partial charge on any atom is 0.307 e. The van der Waals surface area contributed by atoms with E-state index < -0.39 is 27.8 Å². The lowest BCUT2D eigenvalue weighted by atomic mass is 10.0. The summed E-state index contributed by atoms with van der Waals surface area (Å²) < 4.78 is 28.7. The van der Waals surface area contributed by atoms with Crippen LogP contribution in [-0.4, -0.2) is 31.8 Å². The molecular formula is C22H25NO5S. The first-order chi connectivity index (χ1) is 13.7. The van der Waals surface area contributed by atoms with Crippen LogP contribution >= 0.6 is 0 Å². The summed E-state index contributed by atoms with van der Waals surface area (Å²) in [6.45, 7) is 3.88. The maximum atomic E-state index is 12.9. The van der Waals surface area contributed by atoms with Gasteiger partial charge in [-0.15, -0.1) is 0 Å². The van der Waals surface area contributed by atoms with E-state index in [9.17, 15) is 18.0 Å². The molecule has 0 saturated carbocycles. The van der Waals surface area contributed by atoms with E-state index in [1.54, 1.807) is 24.3 Å². The minimum Gasteiger partial charge on any atom is -0.447 e. The molecular weight excluding hydrogens is 390 g/mol. The van der Waals surface area contributed by atoms with Gasteiger partial charge in [0.1, 0.15) is 0 Å². The Balaban J connectivity index is 1.74. The van der Waals surface area contributed by atoms with Gasteiger partial charge in [-0.2, -0.15) is 0 Å². The summed E-state index contributed by atoms with van der Waals surface area (Å²) >= 11 is 0. The number of nitrogens with one attached hydrogen (secondary N) is 1. The number of rotatable bonds is 6. The van der Waals surface area contributed by atoms with Gasteiger partial charge in [-0.3, -0.25) is 9.59 Å². The van der Waals surface area contributed by atoms with Crippen LogP contribution in [0.4, 0.5) is 5.69 Å². The van der Waals surface area contributed by atoms with Gasteiger partial charge in [-0.05, 0) is 49.4 Å². The van der Waals surface area contributed by atoms with Gasteiger partial charge in [-0.25, -0.2) is 8.42 Å². The molecule has 29 heavy (non-hydrogen) atoms. The Morgan fingerprint density at radius 3 is 2.34 bits per heavy atom. The predicted molar refractivity (Wildman–Crippen MR) is 111 cm³/mol. The van der Waals surface area contributed by atoms with E-state index in [0.717, 1.165) is 11.1 Å². The monoisotopic (exact) mass is 415 g/mol. The SMILES string of the molecule is Cc1cc(C)cc(NC(=O)C(OC(=O)CC2CCS(=O)(=O)C2)c2ccccc2)c1. The third-order valence-electron chi connectivity index (χ3n) is 4.86. The number of hydrogen-bond acceptors (Lipinski definition) is 5. The van der Waals surface area contributed by atoms with E-state index in [4.69, 9.17) is 4.74 Å². The van der Waals surface area contributed by atoms with Gasteiger partial charge in [0.15, 0.2) is 9.84 Å². The second-order valence-electron chi connectivity index (χ2n) is 7.62. The third kappa shape index (κ3) is 5.90. The topological polar surface area (TPSA) is 89.5 Å². The van der Waals surface area contributed by atoms with Crippen LogP contribution in [0.5, 0.6) is 0 Å². The number of esters is 1. The van der Waals surface area contributed by atoms with E-state index in [2.05, 4.69) is 5.32 Å². The summed E-state index contributed by atoms with van der Waals surface area (Å²) in [5.41, 5.74) is 3.21. The molecule has 1 fully saturated rings. The predicted octanol–water partition coefficient (Wildman–Crippen LogP) is 3.35. The number of aryl methyl sites for hydroxylation is 2. The lowest BCUT2D eigenvalue weighted by Gasteiger charge is -2.19. The van der Waals surface area contributed by atoms with Gasteiger partial charge in [0, 0.05) is 17.7 Å². The van der Waals surface area contributed by atoms with Crippen molar-refractivity contribution in [1.29, 1.82) is 0 Å². The van der Waals surface area contributed by atoms with Crippen LogP contribution in [0.15, 0.2) is 48.5 Å². The summed E-state index contributed by atoms with van der Waals surface area (Å²) in [6.07, 6.45) is -0.677. The number of amides is 1. The molecule has 1 aliphatic rings. The molecule has 0 bridgehead atoms. The Hall–Kier alpha value is -2.67. The van der Waals surface area contributed by atoms with Gasteiger partial charge in [-0.1, -0.05) is 36.4 Å². The molecule has 1 saturated heterocycles. The van der Waals surface area contributed by atoms with Crippen molar-refractivity contribution in [2.75, 3.05) is 16.8 Å². The zero-order valence-electron chi connectivity index (χ0n) is 16.6. The fourth-order valence-corrected chi connectivity index (χ4v) is 5.47. The zero-order valence-corrected chi connectivity index (χ0v) is 17.4. The number of benzene rings is 2. The Morgan fingerprint density at radius 2 is 1.76 bits per heavy atom. The van der Waals surface area contributed by atoms with Crippen LogP contribution in [-0.2, 0) is 24.2 Å². The molecule has 3 rings (SSSR count). The zero-order chi connectivity index (χ0) is 21.0. The maximum absolute atomic E-state index is 12.9. The van der Waals surface area contributed by atoms with E-state index in [1.165, 1.54) is 0 Å². The van der Waals surface area contributed by atoms with Crippen LogP contribution in [0.2, 0.25) is 0 Å². The van der Waals surface area contributed by atoms with Crippen molar-refractivity contribution in [3.8, 4) is 0 Å². The molecule has 2 aromatic carbocycles. The highest BCUT2D eigenvalue weighted by molar-refractivity contribution is 7.91. The third-order valence-corrected chi connectivity index (χ3v) is 6.70. The Kier molecular flexibility index (Phi) is 6.37. The molecule has 7 heteroatoms. The van der Waals surface area contributed by atoms with Crippen molar-refractivity contribution in [2.45, 2.75) is 32.8 Å². The number of carbonyl (C=O) groups excluding carboxylic acids is 2. The van der Waals surface area contributed by atoms with Gasteiger partial charge >= 0.3 is 5.97 Å². The first-order valence-electron chi connectivity index (χ1n) is 9.56. The fraction of sp³-hybridized carbons (Fsp3) is 0.364. The summed E-state index contributed by atoms with van der Waals surface area (Å²) in [5.74, 6) is -1.19. The van der Waals surface area contributed by atoms with Gasteiger partial charge < -0.3 is 10.1 Å². The Bertz CT molecular complexity index is 981. The highest BCUT2D eigenvalue weighted by Crippen LogP contribution is 2.26. The van der Waals surface area contributed by atoms with Gasteiger partial charge in [0.25, 0.3) is 5.91 Å². The van der Waals surface area contributed by atoms with Crippen LogP contribution in [0.1, 0.15) is 35.6 Å². The summed E-state index contributed by atoms with van der Waals surface area (Å²) in [5, 5.41) is 2.82. The summed E-state index contributed by atoms with van der Waals surface area (Å²) in [4.78, 5) is 25.4. The molecule has 1 heterocycles. The van der Waals surface area contributed by atoms with Gasteiger partial charge in [0.05, 0.1) is 11.5 Å². The minimum absolute atomic E-state index is 0.00707. The molecule has 0 radical (unpaired) electrons. The quantitative estimate of drug-likeness (QED) is 0.731. The summed E-state index contributed by atoms with van der Waals surface area (Å²) in [7, 11) is -3.07. The second kappa shape index (κ2) is 8.78. The van der Waals surface area contributed by atoms with Crippen LogP contribution in [0.3, 0.4) is 0 Å². The number of hydrogen-bond donors (Lipinski definition) is 1. The number of sulfone groups is 1. The van der Waals surface area contributed by atoms with Crippen LogP contribution in [0.25, 0.3) is 0 Å². The van der Waals surface area contributed by atoms with Crippen molar-refractivity contribution >= 4 is 27.4 Å². The molecule has 154 valence electrons. The van der Waals surface area contributed by atoms with Crippen molar-refractivity contribution in [3.05, 3.63) is 65.2 Å². The van der Waals surface area contributed by atoms with E-state index >= 15 is 0 Å².